The molecule has 1 aromatic carbocycles. The molecule has 1 aromatic heterocycles. The van der Waals surface area contributed by atoms with Gasteiger partial charge in [0.25, 0.3) is 0 Å². The van der Waals surface area contributed by atoms with Crippen LogP contribution in [0.2, 0.25) is 0 Å². The van der Waals surface area contributed by atoms with Crippen molar-refractivity contribution < 1.29 is 0 Å². The summed E-state index contributed by atoms with van der Waals surface area (Å²) in [5.41, 5.74) is 5.43. The number of hydrogen-bond donors (Lipinski definition) is 0. The van der Waals surface area contributed by atoms with E-state index in [0.717, 1.165) is 23.5 Å². The number of aryl methyl sites for hydroxylation is 1. The molecule has 1 heterocycles. The van der Waals surface area contributed by atoms with Gasteiger partial charge in [0.05, 0.1) is 29.0 Å². The molecule has 0 N–H and O–H groups in total. The molecular formula is C14H14ClN3S. The number of alkyl halides is 1. The molecule has 0 saturated heterocycles. The lowest BCUT2D eigenvalue weighted by Gasteiger charge is -2.20. The average molecular weight is 292 g/mol. The van der Waals surface area contributed by atoms with Gasteiger partial charge in [-0.1, -0.05) is 6.07 Å². The van der Waals surface area contributed by atoms with Gasteiger partial charge in [0.1, 0.15) is 6.07 Å². The summed E-state index contributed by atoms with van der Waals surface area (Å²) < 4.78 is 0. The Bertz CT molecular complexity index is 615. The lowest BCUT2D eigenvalue weighted by molar-refractivity contribution is 0.923. The third-order valence-electron chi connectivity index (χ3n) is 2.97. The molecule has 0 unspecified atom stereocenters. The van der Waals surface area contributed by atoms with E-state index in [4.69, 9.17) is 11.6 Å². The minimum Gasteiger partial charge on any atom is -0.368 e. The standard InChI is InChI=1S/C14H14ClN3S/c1-10-14(19-9-17-10)8-18(2)13-4-3-11(6-15)5-12(13)7-16/h3-5,9H,6,8H2,1-2H3. The fourth-order valence-electron chi connectivity index (χ4n) is 1.87. The van der Waals surface area contributed by atoms with Crippen LogP contribution in [-0.4, -0.2) is 12.0 Å². The van der Waals surface area contributed by atoms with Gasteiger partial charge < -0.3 is 4.90 Å². The molecule has 3 nitrogen and oxygen atoms in total. The van der Waals surface area contributed by atoms with E-state index in [0.29, 0.717) is 11.4 Å². The highest BCUT2D eigenvalue weighted by Crippen LogP contribution is 2.24. The molecule has 98 valence electrons. The van der Waals surface area contributed by atoms with Gasteiger partial charge in [-0.3, -0.25) is 0 Å². The Morgan fingerprint density at radius 1 is 1.47 bits per heavy atom. The largest absolute Gasteiger partial charge is 0.368 e. The molecule has 0 radical (unpaired) electrons. The zero-order chi connectivity index (χ0) is 13.8. The molecule has 19 heavy (non-hydrogen) atoms. The highest BCUT2D eigenvalue weighted by atomic mass is 35.5. The number of thiazole rings is 1. The van der Waals surface area contributed by atoms with Crippen LogP contribution < -0.4 is 4.90 Å². The van der Waals surface area contributed by atoms with Gasteiger partial charge in [-0.05, 0) is 24.6 Å². The summed E-state index contributed by atoms with van der Waals surface area (Å²) in [5.74, 6) is 0.423. The number of anilines is 1. The number of nitriles is 1. The van der Waals surface area contributed by atoms with E-state index < -0.39 is 0 Å². The first-order chi connectivity index (χ1) is 9.15. The van der Waals surface area contributed by atoms with E-state index in [2.05, 4.69) is 16.0 Å². The van der Waals surface area contributed by atoms with Gasteiger partial charge in [-0.15, -0.1) is 22.9 Å². The Kier molecular flexibility index (Phi) is 4.41. The van der Waals surface area contributed by atoms with E-state index in [-0.39, 0.29) is 0 Å². The van der Waals surface area contributed by atoms with Crippen molar-refractivity contribution in [2.24, 2.45) is 0 Å². The summed E-state index contributed by atoms with van der Waals surface area (Å²) in [6.45, 7) is 2.76. The summed E-state index contributed by atoms with van der Waals surface area (Å²) >= 11 is 7.43. The minimum absolute atomic E-state index is 0.423. The molecule has 0 aliphatic rings. The molecule has 0 spiro atoms. The van der Waals surface area contributed by atoms with Gasteiger partial charge in [-0.25, -0.2) is 4.98 Å². The van der Waals surface area contributed by atoms with Crippen LogP contribution in [-0.2, 0) is 12.4 Å². The Balaban J connectivity index is 2.26. The SMILES string of the molecule is Cc1ncsc1CN(C)c1ccc(CCl)cc1C#N. The first-order valence-corrected chi connectivity index (χ1v) is 7.26. The fraction of sp³-hybridized carbons (Fsp3) is 0.286. The molecule has 0 aliphatic carbocycles. The second-order valence-corrected chi connectivity index (χ2v) is 5.52. The van der Waals surface area contributed by atoms with Crippen molar-refractivity contribution in [3.8, 4) is 6.07 Å². The van der Waals surface area contributed by atoms with Crippen LogP contribution in [0.5, 0.6) is 0 Å². The maximum absolute atomic E-state index is 9.24. The molecule has 0 bridgehead atoms. The molecule has 0 amide bonds. The number of benzene rings is 1. The zero-order valence-electron chi connectivity index (χ0n) is 10.9. The second-order valence-electron chi connectivity index (χ2n) is 4.31. The van der Waals surface area contributed by atoms with Crippen LogP contribution in [0.15, 0.2) is 23.7 Å². The topological polar surface area (TPSA) is 39.9 Å². The van der Waals surface area contributed by atoms with Gasteiger partial charge in [0.2, 0.25) is 0 Å². The Labute approximate surface area is 122 Å². The van der Waals surface area contributed by atoms with Crippen LogP contribution >= 0.6 is 22.9 Å². The first kappa shape index (κ1) is 13.9. The third kappa shape index (κ3) is 3.06. The van der Waals surface area contributed by atoms with Gasteiger partial charge in [-0.2, -0.15) is 5.26 Å². The van der Waals surface area contributed by atoms with E-state index >= 15 is 0 Å². The van der Waals surface area contributed by atoms with Crippen LogP contribution in [0.1, 0.15) is 21.7 Å². The summed E-state index contributed by atoms with van der Waals surface area (Å²) in [4.78, 5) is 7.52. The molecule has 0 saturated carbocycles. The van der Waals surface area contributed by atoms with Crippen molar-refractivity contribution in [3.05, 3.63) is 45.4 Å². The summed E-state index contributed by atoms with van der Waals surface area (Å²) in [6.07, 6.45) is 0. The number of rotatable bonds is 4. The first-order valence-electron chi connectivity index (χ1n) is 5.84. The highest BCUT2D eigenvalue weighted by molar-refractivity contribution is 7.09. The monoisotopic (exact) mass is 291 g/mol. The van der Waals surface area contributed by atoms with Crippen molar-refractivity contribution in [2.45, 2.75) is 19.3 Å². The van der Waals surface area contributed by atoms with Crippen molar-refractivity contribution in [3.63, 3.8) is 0 Å². The van der Waals surface area contributed by atoms with Gasteiger partial charge in [0, 0.05) is 17.8 Å². The summed E-state index contributed by atoms with van der Waals surface area (Å²) in [6, 6.07) is 7.99. The lowest BCUT2D eigenvalue weighted by Crippen LogP contribution is -2.17. The maximum atomic E-state index is 9.24. The van der Waals surface area contributed by atoms with Crippen LogP contribution in [0.3, 0.4) is 0 Å². The summed E-state index contributed by atoms with van der Waals surface area (Å²) in [5, 5.41) is 9.24. The molecule has 5 heteroatoms. The molecule has 0 atom stereocenters. The zero-order valence-corrected chi connectivity index (χ0v) is 12.4. The smallest absolute Gasteiger partial charge is 0.101 e. The van der Waals surface area contributed by atoms with E-state index in [1.54, 1.807) is 11.3 Å². The summed E-state index contributed by atoms with van der Waals surface area (Å²) in [7, 11) is 1.98. The van der Waals surface area contributed by atoms with E-state index in [1.165, 1.54) is 4.88 Å². The maximum Gasteiger partial charge on any atom is 0.101 e. The van der Waals surface area contributed by atoms with E-state index in [9.17, 15) is 5.26 Å². The Morgan fingerprint density at radius 2 is 2.26 bits per heavy atom. The van der Waals surface area contributed by atoms with Crippen LogP contribution in [0.4, 0.5) is 5.69 Å². The predicted octanol–water partition coefficient (Wildman–Crippen LogP) is 3.70. The number of halogens is 1. The quantitative estimate of drug-likeness (QED) is 0.807. The van der Waals surface area contributed by atoms with Crippen LogP contribution in [0, 0.1) is 18.3 Å². The van der Waals surface area contributed by atoms with Gasteiger partial charge >= 0.3 is 0 Å². The number of nitrogens with zero attached hydrogens (tertiary/aromatic N) is 3. The molecule has 2 rings (SSSR count). The molecule has 0 aliphatic heterocycles. The fourth-order valence-corrected chi connectivity index (χ4v) is 2.86. The predicted molar refractivity (Wildman–Crippen MR) is 79.7 cm³/mol. The number of aromatic nitrogens is 1. The van der Waals surface area contributed by atoms with Gasteiger partial charge in [0.15, 0.2) is 0 Å². The third-order valence-corrected chi connectivity index (χ3v) is 4.20. The molecular weight excluding hydrogens is 278 g/mol. The Morgan fingerprint density at radius 3 is 2.84 bits per heavy atom. The average Bonchev–Trinajstić information content (AvgIpc) is 2.83. The lowest BCUT2D eigenvalue weighted by atomic mass is 10.1. The highest BCUT2D eigenvalue weighted by Gasteiger charge is 2.11. The van der Waals surface area contributed by atoms with Crippen molar-refractivity contribution >= 4 is 28.6 Å². The van der Waals surface area contributed by atoms with Crippen molar-refractivity contribution in [1.29, 1.82) is 5.26 Å². The van der Waals surface area contributed by atoms with E-state index in [1.807, 2.05) is 37.7 Å². The van der Waals surface area contributed by atoms with Crippen molar-refractivity contribution in [1.82, 2.24) is 4.98 Å². The number of hydrogen-bond acceptors (Lipinski definition) is 4. The molecule has 0 fully saturated rings. The van der Waals surface area contributed by atoms with Crippen LogP contribution in [0.25, 0.3) is 0 Å². The molecule has 2 aromatic rings. The Hall–Kier alpha value is -1.57. The second kappa shape index (κ2) is 6.05. The van der Waals surface area contributed by atoms with Crippen molar-refractivity contribution in [2.75, 3.05) is 11.9 Å². The normalized spacial score (nSPS) is 10.2. The minimum atomic E-state index is 0.423.